The van der Waals surface area contributed by atoms with Gasteiger partial charge in [-0.1, -0.05) is 6.07 Å². The van der Waals surface area contributed by atoms with Crippen molar-refractivity contribution in [3.05, 3.63) is 48.0 Å². The van der Waals surface area contributed by atoms with E-state index < -0.39 is 10.1 Å². The summed E-state index contributed by atoms with van der Waals surface area (Å²) in [5, 5.41) is 5.49. The zero-order chi connectivity index (χ0) is 24.2. The summed E-state index contributed by atoms with van der Waals surface area (Å²) < 4.78 is 36.4. The van der Waals surface area contributed by atoms with Crippen LogP contribution in [0.15, 0.2) is 47.4 Å². The second-order valence-electron chi connectivity index (χ2n) is 8.19. The number of hydrogen-bond acceptors (Lipinski definition) is 6. The van der Waals surface area contributed by atoms with E-state index in [0.29, 0.717) is 17.8 Å². The summed E-state index contributed by atoms with van der Waals surface area (Å²) in [7, 11) is -2.74. The van der Waals surface area contributed by atoms with Gasteiger partial charge in [-0.2, -0.15) is 8.42 Å². The molecule has 3 amide bonds. The molecule has 0 bridgehead atoms. The number of methoxy groups -OCH3 is 1. The average molecular weight is 476 g/mol. The summed E-state index contributed by atoms with van der Waals surface area (Å²) in [6.07, 6.45) is 1.88. The van der Waals surface area contributed by atoms with Crippen LogP contribution in [0.25, 0.3) is 0 Å². The number of urea groups is 1. The second kappa shape index (κ2) is 10.1. The maximum Gasteiger partial charge on any atom is 0.339 e. The van der Waals surface area contributed by atoms with Gasteiger partial charge in [0, 0.05) is 31.2 Å². The monoisotopic (exact) mass is 475 g/mol. The number of hydrogen-bond donors (Lipinski definition) is 2. The van der Waals surface area contributed by atoms with Crippen molar-refractivity contribution in [2.75, 3.05) is 12.4 Å². The molecule has 3 rings (SSSR count). The van der Waals surface area contributed by atoms with Crippen LogP contribution in [0, 0.1) is 0 Å². The lowest BCUT2D eigenvalue weighted by atomic mass is 10.2. The Morgan fingerprint density at radius 3 is 2.30 bits per heavy atom. The minimum Gasteiger partial charge on any atom is -0.493 e. The Bertz CT molecular complexity index is 1110. The van der Waals surface area contributed by atoms with Gasteiger partial charge in [0.05, 0.1) is 7.11 Å². The van der Waals surface area contributed by atoms with Crippen LogP contribution in [0.1, 0.15) is 39.2 Å². The normalized spacial score (nSPS) is 13.4. The summed E-state index contributed by atoms with van der Waals surface area (Å²) >= 11 is 0. The van der Waals surface area contributed by atoms with E-state index in [4.69, 9.17) is 8.92 Å². The van der Waals surface area contributed by atoms with Crippen molar-refractivity contribution in [3.63, 3.8) is 0 Å². The van der Waals surface area contributed by atoms with Crippen LogP contribution in [0.3, 0.4) is 0 Å². The average Bonchev–Trinajstić information content (AvgIpc) is 3.56. The molecule has 2 aromatic rings. The third-order valence-corrected chi connectivity index (χ3v) is 6.15. The van der Waals surface area contributed by atoms with Gasteiger partial charge in [0.2, 0.25) is 5.91 Å². The lowest BCUT2D eigenvalue weighted by molar-refractivity contribution is -0.114. The number of amides is 3. The van der Waals surface area contributed by atoms with Crippen LogP contribution in [-0.2, 0) is 21.5 Å². The molecule has 1 saturated carbocycles. The number of rotatable bonds is 9. The fraction of sp³-hybridized carbons (Fsp3) is 0.391. The Hall–Kier alpha value is -3.27. The van der Waals surface area contributed by atoms with Gasteiger partial charge < -0.3 is 24.5 Å². The number of nitrogens with one attached hydrogen (secondary N) is 2. The zero-order valence-electron chi connectivity index (χ0n) is 19.1. The first-order valence-electron chi connectivity index (χ1n) is 10.6. The summed E-state index contributed by atoms with van der Waals surface area (Å²) in [5.74, 6) is 0.0217. The third kappa shape index (κ3) is 6.61. The molecule has 1 aliphatic carbocycles. The van der Waals surface area contributed by atoms with E-state index in [0.717, 1.165) is 12.8 Å². The number of carbonyl (C=O) groups is 2. The summed E-state index contributed by atoms with van der Waals surface area (Å²) in [6, 6.07) is 10.6. The number of carbonyl (C=O) groups excluding carboxylic acids is 2. The van der Waals surface area contributed by atoms with Crippen LogP contribution in [0.5, 0.6) is 11.5 Å². The second-order valence-corrected chi connectivity index (χ2v) is 9.74. The lowest BCUT2D eigenvalue weighted by Gasteiger charge is -2.24. The number of ether oxygens (including phenoxy) is 1. The largest absolute Gasteiger partial charge is 0.493 e. The van der Waals surface area contributed by atoms with Gasteiger partial charge >= 0.3 is 16.1 Å². The van der Waals surface area contributed by atoms with Gasteiger partial charge in [-0.3, -0.25) is 4.79 Å². The molecule has 0 unspecified atom stereocenters. The van der Waals surface area contributed by atoms with E-state index >= 15 is 0 Å². The fourth-order valence-electron chi connectivity index (χ4n) is 3.24. The first kappa shape index (κ1) is 24.4. The quantitative estimate of drug-likeness (QED) is 0.537. The maximum atomic E-state index is 12.8. The van der Waals surface area contributed by atoms with Gasteiger partial charge in [0.25, 0.3) is 0 Å². The van der Waals surface area contributed by atoms with Crippen molar-refractivity contribution < 1.29 is 26.9 Å². The Morgan fingerprint density at radius 1 is 1.09 bits per heavy atom. The molecule has 10 heteroatoms. The van der Waals surface area contributed by atoms with Crippen LogP contribution >= 0.6 is 0 Å². The van der Waals surface area contributed by atoms with Crippen LogP contribution in [-0.4, -0.2) is 44.4 Å². The molecule has 0 saturated heterocycles. The van der Waals surface area contributed by atoms with Crippen LogP contribution in [0.2, 0.25) is 0 Å². The zero-order valence-corrected chi connectivity index (χ0v) is 19.9. The van der Waals surface area contributed by atoms with E-state index in [1.54, 1.807) is 23.1 Å². The molecule has 0 aliphatic heterocycles. The third-order valence-electron chi connectivity index (χ3n) is 4.90. The van der Waals surface area contributed by atoms with Gasteiger partial charge in [0.1, 0.15) is 4.90 Å². The van der Waals surface area contributed by atoms with Crippen molar-refractivity contribution in [3.8, 4) is 11.5 Å². The molecule has 0 aromatic heterocycles. The molecule has 0 atom stereocenters. The molecule has 9 nitrogen and oxygen atoms in total. The highest BCUT2D eigenvalue weighted by atomic mass is 32.2. The molecule has 2 N–H and O–H groups in total. The van der Waals surface area contributed by atoms with Gasteiger partial charge in [-0.25, -0.2) is 4.79 Å². The highest BCUT2D eigenvalue weighted by Gasteiger charge is 2.33. The molecule has 0 spiro atoms. The Labute approximate surface area is 194 Å². The van der Waals surface area contributed by atoms with Gasteiger partial charge in [-0.05, 0) is 68.7 Å². The molecular weight excluding hydrogens is 446 g/mol. The molecule has 178 valence electrons. The van der Waals surface area contributed by atoms with Crippen molar-refractivity contribution in [2.45, 2.75) is 57.1 Å². The molecule has 1 fully saturated rings. The number of nitrogens with zero attached hydrogens (tertiary/aromatic N) is 1. The standard InChI is InChI=1S/C23H29N3O6S/c1-15(2)24-23(28)26(19-8-9-19)14-17-5-12-21(31-4)22(13-17)32-33(29,30)20-10-6-18(7-11-20)25-16(3)27/h5-7,10-13,15,19H,8-9,14H2,1-4H3,(H,24,28)(H,25,27). The van der Waals surface area contributed by atoms with E-state index in [2.05, 4.69) is 10.6 Å². The van der Waals surface area contributed by atoms with E-state index in [1.807, 2.05) is 13.8 Å². The van der Waals surface area contributed by atoms with E-state index in [9.17, 15) is 18.0 Å². The van der Waals surface area contributed by atoms with Crippen molar-refractivity contribution in [2.24, 2.45) is 0 Å². The van der Waals surface area contributed by atoms with Crippen molar-refractivity contribution in [1.82, 2.24) is 10.2 Å². The minimum absolute atomic E-state index is 0.00990. The maximum absolute atomic E-state index is 12.8. The molecule has 33 heavy (non-hydrogen) atoms. The molecule has 2 aromatic carbocycles. The van der Waals surface area contributed by atoms with Crippen molar-refractivity contribution >= 4 is 27.7 Å². The Balaban J connectivity index is 1.81. The Kier molecular flexibility index (Phi) is 7.47. The molecule has 0 heterocycles. The predicted molar refractivity (Wildman–Crippen MR) is 124 cm³/mol. The molecule has 1 aliphatic rings. The lowest BCUT2D eigenvalue weighted by Crippen LogP contribution is -2.43. The smallest absolute Gasteiger partial charge is 0.339 e. The summed E-state index contributed by atoms with van der Waals surface area (Å²) in [4.78, 5) is 25.4. The topological polar surface area (TPSA) is 114 Å². The molecule has 0 radical (unpaired) electrons. The fourth-order valence-corrected chi connectivity index (χ4v) is 4.17. The molecular formula is C23H29N3O6S. The van der Waals surface area contributed by atoms with Crippen LogP contribution in [0.4, 0.5) is 10.5 Å². The SMILES string of the molecule is COc1ccc(CN(C(=O)NC(C)C)C2CC2)cc1OS(=O)(=O)c1ccc(NC(C)=O)cc1. The Morgan fingerprint density at radius 2 is 1.76 bits per heavy atom. The summed E-state index contributed by atoms with van der Waals surface area (Å²) in [6.45, 7) is 5.48. The minimum atomic E-state index is -4.16. The van der Waals surface area contributed by atoms with Gasteiger partial charge in [-0.15, -0.1) is 0 Å². The first-order chi connectivity index (χ1) is 15.6. The highest BCUT2D eigenvalue weighted by Crippen LogP contribution is 2.33. The van der Waals surface area contributed by atoms with Gasteiger partial charge in [0.15, 0.2) is 11.5 Å². The first-order valence-corrected chi connectivity index (χ1v) is 12.1. The number of benzene rings is 2. The van der Waals surface area contributed by atoms with E-state index in [1.165, 1.54) is 38.3 Å². The number of anilines is 1. The van der Waals surface area contributed by atoms with Crippen molar-refractivity contribution in [1.29, 1.82) is 0 Å². The van der Waals surface area contributed by atoms with E-state index in [-0.39, 0.29) is 40.4 Å². The predicted octanol–water partition coefficient (Wildman–Crippen LogP) is 3.50. The summed E-state index contributed by atoms with van der Waals surface area (Å²) in [5.41, 5.74) is 1.19. The highest BCUT2D eigenvalue weighted by molar-refractivity contribution is 7.87. The van der Waals surface area contributed by atoms with Crippen LogP contribution < -0.4 is 19.6 Å².